The van der Waals surface area contributed by atoms with Gasteiger partial charge in [-0.05, 0) is 45.0 Å². The maximum Gasteiger partial charge on any atom is 0.239 e. The van der Waals surface area contributed by atoms with E-state index >= 15 is 0 Å². The number of hydrogen-bond donors (Lipinski definition) is 3. The molecule has 0 aliphatic carbocycles. The van der Waals surface area contributed by atoms with Crippen LogP contribution in [0.25, 0.3) is 0 Å². The SMILES string of the molecule is CN1CCC(CNc2ccnc(NN)n2)CC1. The van der Waals surface area contributed by atoms with Crippen molar-refractivity contribution in [3.63, 3.8) is 0 Å². The quantitative estimate of drug-likeness (QED) is 0.522. The van der Waals surface area contributed by atoms with Crippen molar-refractivity contribution in [1.82, 2.24) is 14.9 Å². The summed E-state index contributed by atoms with van der Waals surface area (Å²) in [6, 6.07) is 1.86. The third-order valence-electron chi connectivity index (χ3n) is 3.19. The molecule has 0 saturated carbocycles. The van der Waals surface area contributed by atoms with E-state index in [1.54, 1.807) is 6.20 Å². The highest BCUT2D eigenvalue weighted by molar-refractivity contribution is 5.38. The number of piperidine rings is 1. The number of nitrogens with zero attached hydrogens (tertiary/aromatic N) is 3. The van der Waals surface area contributed by atoms with Gasteiger partial charge in [0, 0.05) is 12.7 Å². The van der Waals surface area contributed by atoms with Gasteiger partial charge in [-0.1, -0.05) is 0 Å². The predicted octanol–water partition coefficient (Wildman–Crippen LogP) is 0.516. The molecule has 1 fully saturated rings. The van der Waals surface area contributed by atoms with Crippen molar-refractivity contribution in [2.24, 2.45) is 11.8 Å². The highest BCUT2D eigenvalue weighted by Crippen LogP contribution is 2.16. The van der Waals surface area contributed by atoms with Gasteiger partial charge >= 0.3 is 0 Å². The molecule has 94 valence electrons. The summed E-state index contributed by atoms with van der Waals surface area (Å²) in [6.45, 7) is 3.34. The van der Waals surface area contributed by atoms with Gasteiger partial charge in [-0.3, -0.25) is 5.43 Å². The van der Waals surface area contributed by atoms with E-state index in [0.29, 0.717) is 5.95 Å². The topological polar surface area (TPSA) is 79.1 Å². The molecule has 0 unspecified atom stereocenters. The number of nitrogen functional groups attached to an aromatic ring is 1. The minimum absolute atomic E-state index is 0.443. The van der Waals surface area contributed by atoms with Crippen molar-refractivity contribution in [3.8, 4) is 0 Å². The van der Waals surface area contributed by atoms with Crippen molar-refractivity contribution in [1.29, 1.82) is 0 Å². The maximum absolute atomic E-state index is 5.26. The summed E-state index contributed by atoms with van der Waals surface area (Å²) in [5.74, 6) is 7.27. The molecule has 6 heteroatoms. The van der Waals surface area contributed by atoms with Crippen molar-refractivity contribution >= 4 is 11.8 Å². The van der Waals surface area contributed by atoms with Gasteiger partial charge in [0.15, 0.2) is 0 Å². The summed E-state index contributed by atoms with van der Waals surface area (Å²) in [6.07, 6.45) is 4.19. The Hall–Kier alpha value is -1.40. The fraction of sp³-hybridized carbons (Fsp3) is 0.636. The molecule has 2 rings (SSSR count). The molecule has 1 aromatic rings. The number of aromatic nitrogens is 2. The van der Waals surface area contributed by atoms with Gasteiger partial charge in [0.2, 0.25) is 5.95 Å². The average Bonchev–Trinajstić information content (AvgIpc) is 2.38. The number of nitrogens with two attached hydrogens (primary N) is 1. The van der Waals surface area contributed by atoms with Crippen LogP contribution in [0.3, 0.4) is 0 Å². The van der Waals surface area contributed by atoms with Gasteiger partial charge in [-0.25, -0.2) is 10.8 Å². The van der Waals surface area contributed by atoms with Gasteiger partial charge in [-0.15, -0.1) is 0 Å². The first-order valence-corrected chi connectivity index (χ1v) is 6.00. The molecule has 6 nitrogen and oxygen atoms in total. The Kier molecular flexibility index (Phi) is 4.11. The fourth-order valence-electron chi connectivity index (χ4n) is 2.04. The standard InChI is InChI=1S/C11H20N6/c1-17-6-3-9(4-7-17)8-14-10-2-5-13-11(15-10)16-12/h2,5,9H,3-4,6-8,12H2,1H3,(H2,13,14,15,16). The molecular weight excluding hydrogens is 216 g/mol. The zero-order valence-electron chi connectivity index (χ0n) is 10.2. The van der Waals surface area contributed by atoms with E-state index in [4.69, 9.17) is 5.84 Å². The lowest BCUT2D eigenvalue weighted by atomic mass is 9.97. The van der Waals surface area contributed by atoms with Crippen LogP contribution < -0.4 is 16.6 Å². The van der Waals surface area contributed by atoms with Crippen LogP contribution in [0, 0.1) is 5.92 Å². The molecule has 4 N–H and O–H groups in total. The molecule has 1 aliphatic heterocycles. The molecule has 0 radical (unpaired) electrons. The Balaban J connectivity index is 1.81. The number of nitrogens with one attached hydrogen (secondary N) is 2. The van der Waals surface area contributed by atoms with E-state index < -0.39 is 0 Å². The van der Waals surface area contributed by atoms with Gasteiger partial charge in [-0.2, -0.15) is 4.98 Å². The Morgan fingerprint density at radius 2 is 2.24 bits per heavy atom. The Labute approximate surface area is 102 Å². The van der Waals surface area contributed by atoms with Crippen molar-refractivity contribution in [3.05, 3.63) is 12.3 Å². The van der Waals surface area contributed by atoms with Crippen LogP contribution in [-0.4, -0.2) is 41.5 Å². The first-order chi connectivity index (χ1) is 8.28. The minimum Gasteiger partial charge on any atom is -0.370 e. The predicted molar refractivity (Wildman–Crippen MR) is 68.6 cm³/mol. The van der Waals surface area contributed by atoms with Crippen LogP contribution in [-0.2, 0) is 0 Å². The van der Waals surface area contributed by atoms with Gasteiger partial charge in [0.05, 0.1) is 0 Å². The molecule has 0 aromatic carbocycles. The van der Waals surface area contributed by atoms with Crippen LogP contribution in [0.5, 0.6) is 0 Å². The zero-order chi connectivity index (χ0) is 12.1. The third kappa shape index (κ3) is 3.54. The lowest BCUT2D eigenvalue weighted by molar-refractivity contribution is 0.226. The number of likely N-dealkylation sites (tertiary alicyclic amines) is 1. The molecule has 0 amide bonds. The van der Waals surface area contributed by atoms with E-state index in [1.165, 1.54) is 25.9 Å². The molecule has 1 saturated heterocycles. The van der Waals surface area contributed by atoms with Gasteiger partial charge in [0.25, 0.3) is 0 Å². The second-order valence-corrected chi connectivity index (χ2v) is 4.54. The lowest BCUT2D eigenvalue weighted by Gasteiger charge is -2.29. The summed E-state index contributed by atoms with van der Waals surface area (Å²) in [4.78, 5) is 10.6. The third-order valence-corrected chi connectivity index (χ3v) is 3.19. The first-order valence-electron chi connectivity index (χ1n) is 6.00. The first kappa shape index (κ1) is 12.1. The fourth-order valence-corrected chi connectivity index (χ4v) is 2.04. The normalized spacial score (nSPS) is 18.0. The molecule has 0 atom stereocenters. The number of anilines is 2. The van der Waals surface area contributed by atoms with Crippen molar-refractivity contribution in [2.45, 2.75) is 12.8 Å². The number of hydrazine groups is 1. The maximum atomic E-state index is 5.26. The van der Waals surface area contributed by atoms with Crippen LogP contribution >= 0.6 is 0 Å². The van der Waals surface area contributed by atoms with Crippen LogP contribution in [0.1, 0.15) is 12.8 Å². The number of rotatable bonds is 4. The lowest BCUT2D eigenvalue weighted by Crippen LogP contribution is -2.33. The molecule has 2 heterocycles. The molecule has 1 aromatic heterocycles. The summed E-state index contributed by atoms with van der Waals surface area (Å²) < 4.78 is 0. The van der Waals surface area contributed by atoms with E-state index in [0.717, 1.165) is 18.3 Å². The van der Waals surface area contributed by atoms with Crippen LogP contribution in [0.15, 0.2) is 12.3 Å². The smallest absolute Gasteiger partial charge is 0.239 e. The van der Waals surface area contributed by atoms with Gasteiger partial charge in [0.1, 0.15) is 5.82 Å². The molecule has 17 heavy (non-hydrogen) atoms. The number of hydrogen-bond acceptors (Lipinski definition) is 6. The zero-order valence-corrected chi connectivity index (χ0v) is 10.2. The Morgan fingerprint density at radius 1 is 1.47 bits per heavy atom. The monoisotopic (exact) mass is 236 g/mol. The second kappa shape index (κ2) is 5.79. The summed E-state index contributed by atoms with van der Waals surface area (Å²) in [5, 5.41) is 3.34. The average molecular weight is 236 g/mol. The van der Waals surface area contributed by atoms with E-state index in [2.05, 4.69) is 32.7 Å². The summed E-state index contributed by atoms with van der Waals surface area (Å²) in [5.41, 5.74) is 2.44. The summed E-state index contributed by atoms with van der Waals surface area (Å²) in [7, 11) is 2.17. The van der Waals surface area contributed by atoms with Crippen LogP contribution in [0.4, 0.5) is 11.8 Å². The minimum atomic E-state index is 0.443. The second-order valence-electron chi connectivity index (χ2n) is 4.54. The van der Waals surface area contributed by atoms with E-state index in [-0.39, 0.29) is 0 Å². The van der Waals surface area contributed by atoms with Crippen LogP contribution in [0.2, 0.25) is 0 Å². The Bertz CT molecular complexity index is 348. The van der Waals surface area contributed by atoms with Gasteiger partial charge < -0.3 is 10.2 Å². The van der Waals surface area contributed by atoms with Crippen molar-refractivity contribution in [2.75, 3.05) is 37.4 Å². The highest BCUT2D eigenvalue weighted by atomic mass is 15.3. The van der Waals surface area contributed by atoms with Crippen molar-refractivity contribution < 1.29 is 0 Å². The van der Waals surface area contributed by atoms with E-state index in [9.17, 15) is 0 Å². The summed E-state index contributed by atoms with van der Waals surface area (Å²) >= 11 is 0. The largest absolute Gasteiger partial charge is 0.370 e. The molecule has 0 bridgehead atoms. The Morgan fingerprint density at radius 3 is 2.94 bits per heavy atom. The van der Waals surface area contributed by atoms with E-state index in [1.807, 2.05) is 6.07 Å². The molecule has 0 spiro atoms. The molecule has 1 aliphatic rings. The highest BCUT2D eigenvalue weighted by Gasteiger charge is 2.16. The molecular formula is C11H20N6.